The minimum absolute atomic E-state index is 0.000548. The van der Waals surface area contributed by atoms with E-state index in [1.165, 1.54) is 7.11 Å². The Bertz CT molecular complexity index is 1400. The molecular formula is C45H78N2O12. The van der Waals surface area contributed by atoms with E-state index >= 15 is 0 Å². The van der Waals surface area contributed by atoms with Gasteiger partial charge in [0.25, 0.3) is 0 Å². The summed E-state index contributed by atoms with van der Waals surface area (Å²) in [5.74, 6) is -1.03. The number of hydrogen-bond donors (Lipinski definition) is 4. The molecule has 3 heterocycles. The first kappa shape index (κ1) is 51.2. The fourth-order valence-electron chi connectivity index (χ4n) is 9.88. The number of cyclic esters (lactones) is 1. The first-order chi connectivity index (χ1) is 27.7. The summed E-state index contributed by atoms with van der Waals surface area (Å²) in [4.78, 5) is 16.7. The lowest BCUT2D eigenvalue weighted by Gasteiger charge is -2.50. The van der Waals surface area contributed by atoms with E-state index in [-0.39, 0.29) is 44.8 Å². The van der Waals surface area contributed by atoms with Crippen molar-refractivity contribution in [1.82, 2.24) is 4.90 Å². The van der Waals surface area contributed by atoms with Gasteiger partial charge in [0.15, 0.2) is 6.29 Å². The van der Waals surface area contributed by atoms with Crippen LogP contribution < -0.4 is 0 Å². The zero-order chi connectivity index (χ0) is 44.4. The number of hydrogen-bond acceptors (Lipinski definition) is 14. The molecule has 3 fully saturated rings. The number of likely N-dealkylation sites (N-methyl/N-ethyl adjacent to an activating group) is 1. The Kier molecular flexibility index (Phi) is 19.8. The summed E-state index contributed by atoms with van der Waals surface area (Å²) in [6.07, 6.45) is 0.739. The Balaban J connectivity index is 2.39. The van der Waals surface area contributed by atoms with Gasteiger partial charge in [0.05, 0.1) is 67.6 Å². The maximum atomic E-state index is 14.7. The van der Waals surface area contributed by atoms with Gasteiger partial charge in [-0.15, -0.1) is 12.3 Å². The summed E-state index contributed by atoms with van der Waals surface area (Å²) in [5.41, 5.74) is -2.01. The first-order valence-corrected chi connectivity index (χ1v) is 21.7. The number of carbonyl (C=O) groups excluding carboxylic acids is 1. The zero-order valence-electron chi connectivity index (χ0n) is 38.0. The molecule has 14 heteroatoms. The molecule has 0 aliphatic carbocycles. The van der Waals surface area contributed by atoms with Crippen LogP contribution in [0.2, 0.25) is 0 Å². The number of carbonyl (C=O) groups is 1. The van der Waals surface area contributed by atoms with Crippen molar-refractivity contribution in [2.24, 2.45) is 34.7 Å². The van der Waals surface area contributed by atoms with Crippen molar-refractivity contribution in [3.05, 3.63) is 12.2 Å². The molecule has 3 aliphatic rings. The predicted octanol–water partition coefficient (Wildman–Crippen LogP) is 4.97. The van der Waals surface area contributed by atoms with Crippen LogP contribution in [-0.2, 0) is 38.0 Å². The monoisotopic (exact) mass is 839 g/mol. The van der Waals surface area contributed by atoms with E-state index in [0.717, 1.165) is 0 Å². The van der Waals surface area contributed by atoms with Crippen molar-refractivity contribution in [2.45, 2.75) is 180 Å². The van der Waals surface area contributed by atoms with Gasteiger partial charge in [-0.3, -0.25) is 9.69 Å². The molecule has 0 aromatic rings. The van der Waals surface area contributed by atoms with Gasteiger partial charge < -0.3 is 53.7 Å². The van der Waals surface area contributed by atoms with Crippen LogP contribution in [0.5, 0.6) is 0 Å². The van der Waals surface area contributed by atoms with E-state index in [4.69, 9.17) is 39.6 Å². The number of oxime groups is 1. The standard InChI is InChI=1S/C45H78N2O12/c1-15-18-20-47(13)33-21-28(6)56-43(39(33)49)59-40-29(7)37(35(19-16-2)57-32(10)34(48)25-53-14)30(8)42(50)58-36(17-3)45(12,51)41-31(9)38(46-52)27(5)22-44(40,11)55-24-26(4)23-54-41/h1,27-37,39-41,43,48-49,51-52H,4,16-25H2,2-3,5-14H3/b46-38+/t27-,28-,29+,30-,31+,32?,33?,34-,35-,36?,37?,39-,40-,41?,43+,44-,45-/m1/s1. The van der Waals surface area contributed by atoms with Crippen LogP contribution in [0.25, 0.3) is 0 Å². The number of aliphatic hydroxyl groups excluding tert-OH is 2. The lowest BCUT2D eigenvalue weighted by atomic mass is 9.69. The second-order valence-corrected chi connectivity index (χ2v) is 18.1. The lowest BCUT2D eigenvalue weighted by molar-refractivity contribution is -0.304. The minimum atomic E-state index is -1.73. The number of methoxy groups -OCH3 is 1. The van der Waals surface area contributed by atoms with Crippen molar-refractivity contribution < 1.29 is 58.5 Å². The van der Waals surface area contributed by atoms with Gasteiger partial charge in [0.2, 0.25) is 0 Å². The van der Waals surface area contributed by atoms with Crippen LogP contribution in [0, 0.1) is 41.9 Å². The Morgan fingerprint density at radius 1 is 1.14 bits per heavy atom. The van der Waals surface area contributed by atoms with E-state index in [9.17, 15) is 25.3 Å². The lowest BCUT2D eigenvalue weighted by Crippen LogP contribution is -2.61. The normalized spacial score (nSPS) is 40.3. The molecule has 0 amide bonds. The van der Waals surface area contributed by atoms with Crippen LogP contribution >= 0.6 is 0 Å². The quantitative estimate of drug-likeness (QED) is 0.0607. The van der Waals surface area contributed by atoms with E-state index in [1.807, 2.05) is 60.4 Å². The molecule has 3 saturated heterocycles. The van der Waals surface area contributed by atoms with Gasteiger partial charge in [0.1, 0.15) is 23.9 Å². The second kappa shape index (κ2) is 22.8. The number of aliphatic hydroxyl groups is 3. The van der Waals surface area contributed by atoms with Crippen LogP contribution in [0.15, 0.2) is 17.3 Å². The van der Waals surface area contributed by atoms with Crippen molar-refractivity contribution in [3.8, 4) is 12.3 Å². The maximum absolute atomic E-state index is 14.7. The van der Waals surface area contributed by atoms with Gasteiger partial charge in [-0.25, -0.2) is 0 Å². The third-order valence-corrected chi connectivity index (χ3v) is 13.2. The van der Waals surface area contributed by atoms with E-state index < -0.39 is 95.8 Å². The van der Waals surface area contributed by atoms with Crippen molar-refractivity contribution in [2.75, 3.05) is 40.5 Å². The molecule has 5 unspecified atom stereocenters. The minimum Gasteiger partial charge on any atom is -0.459 e. The number of esters is 1. The average molecular weight is 839 g/mol. The highest BCUT2D eigenvalue weighted by molar-refractivity contribution is 5.88. The van der Waals surface area contributed by atoms with Crippen LogP contribution in [-0.4, -0.2) is 150 Å². The van der Waals surface area contributed by atoms with Gasteiger partial charge in [-0.05, 0) is 71.9 Å². The SMILES string of the molecule is C#CCCN(C)C1C[C@@H](C)O[C@@H](O[C@@H]2[C@@H](C)C([C@@H](CCC)OC(C)[C@H](O)COC)[C@@H](C)C(=O)OC(CC)[C@@](C)(O)C3OCC(=C)CO[C@]2(C)C[C@@H](C)/C(=N\O)[C@@H]3C)[C@@H]1O. The predicted molar refractivity (Wildman–Crippen MR) is 225 cm³/mol. The molecule has 0 spiro atoms. The Morgan fingerprint density at radius 3 is 2.41 bits per heavy atom. The smallest absolute Gasteiger partial charge is 0.309 e. The summed E-state index contributed by atoms with van der Waals surface area (Å²) in [6, 6.07) is -0.336. The summed E-state index contributed by atoms with van der Waals surface area (Å²) in [7, 11) is 3.43. The summed E-state index contributed by atoms with van der Waals surface area (Å²) < 4.78 is 45.4. The molecule has 340 valence electrons. The molecule has 4 N–H and O–H groups in total. The van der Waals surface area contributed by atoms with Gasteiger partial charge in [-0.2, -0.15) is 0 Å². The topological polar surface area (TPSA) is 178 Å². The third-order valence-electron chi connectivity index (χ3n) is 13.2. The Morgan fingerprint density at radius 2 is 1.81 bits per heavy atom. The average Bonchev–Trinajstić information content (AvgIpc) is 3.19. The summed E-state index contributed by atoms with van der Waals surface area (Å²) in [6.45, 7) is 23.6. The summed E-state index contributed by atoms with van der Waals surface area (Å²) in [5, 5.41) is 50.0. The molecular weight excluding hydrogens is 760 g/mol. The molecule has 14 nitrogen and oxygen atoms in total. The molecule has 59 heavy (non-hydrogen) atoms. The van der Waals surface area contributed by atoms with Gasteiger partial charge in [0, 0.05) is 43.9 Å². The number of fused-ring (bicyclic) bond motifs is 5. The zero-order valence-corrected chi connectivity index (χ0v) is 38.0. The fourth-order valence-corrected chi connectivity index (χ4v) is 9.88. The largest absolute Gasteiger partial charge is 0.459 e. The first-order valence-electron chi connectivity index (χ1n) is 21.7. The molecule has 17 atom stereocenters. The van der Waals surface area contributed by atoms with Crippen molar-refractivity contribution in [3.63, 3.8) is 0 Å². The molecule has 3 aliphatic heterocycles. The maximum Gasteiger partial charge on any atom is 0.309 e. The molecule has 0 saturated carbocycles. The van der Waals surface area contributed by atoms with Crippen molar-refractivity contribution >= 4 is 11.7 Å². The highest BCUT2D eigenvalue weighted by Crippen LogP contribution is 2.44. The highest BCUT2D eigenvalue weighted by atomic mass is 16.7. The van der Waals surface area contributed by atoms with Crippen LogP contribution in [0.3, 0.4) is 0 Å². The Labute approximate surface area is 354 Å². The van der Waals surface area contributed by atoms with Gasteiger partial charge in [-0.1, -0.05) is 59.7 Å². The number of nitrogens with zero attached hydrogens (tertiary/aromatic N) is 2. The number of terminal acetylenes is 1. The van der Waals surface area contributed by atoms with E-state index in [2.05, 4.69) is 17.7 Å². The van der Waals surface area contributed by atoms with E-state index in [0.29, 0.717) is 43.5 Å². The highest BCUT2D eigenvalue weighted by Gasteiger charge is 2.54. The summed E-state index contributed by atoms with van der Waals surface area (Å²) >= 11 is 0. The number of ether oxygens (including phenoxy) is 7. The van der Waals surface area contributed by atoms with Crippen LogP contribution in [0.4, 0.5) is 0 Å². The second-order valence-electron chi connectivity index (χ2n) is 18.1. The van der Waals surface area contributed by atoms with E-state index in [1.54, 1.807) is 20.8 Å². The fraction of sp³-hybridized carbons (Fsp3) is 0.867. The molecule has 0 aromatic heterocycles. The molecule has 0 aromatic carbocycles. The Hall–Kier alpha value is -2.16. The number of rotatable bonds is 14. The van der Waals surface area contributed by atoms with Gasteiger partial charge >= 0.3 is 5.97 Å². The van der Waals surface area contributed by atoms with Crippen molar-refractivity contribution in [1.29, 1.82) is 0 Å². The molecule has 2 bridgehead atoms. The third kappa shape index (κ3) is 12.5. The molecule has 0 radical (unpaired) electrons. The molecule has 3 rings (SSSR count). The van der Waals surface area contributed by atoms with Crippen LogP contribution in [0.1, 0.15) is 108 Å².